The van der Waals surface area contributed by atoms with E-state index in [0.29, 0.717) is 11.0 Å². The van der Waals surface area contributed by atoms with Crippen molar-refractivity contribution in [3.8, 4) is 10.6 Å². The lowest BCUT2D eigenvalue weighted by Gasteiger charge is -1.94. The zero-order valence-corrected chi connectivity index (χ0v) is 9.97. The number of aryl methyl sites for hydroxylation is 1. The van der Waals surface area contributed by atoms with Crippen molar-refractivity contribution in [3.63, 3.8) is 0 Å². The molecule has 0 unspecified atom stereocenters. The molecule has 0 fully saturated rings. The number of hydrogen-bond donors (Lipinski definition) is 0. The van der Waals surface area contributed by atoms with Gasteiger partial charge in [0.05, 0.1) is 0 Å². The summed E-state index contributed by atoms with van der Waals surface area (Å²) in [5.41, 5.74) is 2.64. The van der Waals surface area contributed by atoms with Gasteiger partial charge in [-0.1, -0.05) is 11.6 Å². The Morgan fingerprint density at radius 3 is 2.94 bits per heavy atom. The van der Waals surface area contributed by atoms with Gasteiger partial charge in [-0.2, -0.15) is 0 Å². The summed E-state index contributed by atoms with van der Waals surface area (Å²) in [6, 6.07) is 5.83. The summed E-state index contributed by atoms with van der Waals surface area (Å²) in [4.78, 5) is 8.46. The third-order valence-electron chi connectivity index (χ3n) is 2.22. The molecule has 0 saturated carbocycles. The van der Waals surface area contributed by atoms with Gasteiger partial charge in [-0.25, -0.2) is 9.97 Å². The Morgan fingerprint density at radius 2 is 2.19 bits per heavy atom. The molecule has 16 heavy (non-hydrogen) atoms. The Kier molecular flexibility index (Phi) is 2.19. The number of thiazole rings is 1. The average molecular weight is 251 g/mol. The molecule has 2 aromatic heterocycles. The second kappa shape index (κ2) is 3.57. The first-order chi connectivity index (χ1) is 7.72. The fraction of sp³-hybridized carbons (Fsp3) is 0.0909. The van der Waals surface area contributed by atoms with Crippen LogP contribution in [-0.2, 0) is 0 Å². The van der Waals surface area contributed by atoms with Gasteiger partial charge in [0.1, 0.15) is 15.7 Å². The molecule has 0 bridgehead atoms. The van der Waals surface area contributed by atoms with Gasteiger partial charge in [-0.05, 0) is 18.2 Å². The number of hydrogen-bond acceptors (Lipinski definition) is 4. The third-order valence-corrected chi connectivity index (χ3v) is 3.43. The monoisotopic (exact) mass is 250 g/mol. The van der Waals surface area contributed by atoms with Crippen molar-refractivity contribution in [3.05, 3.63) is 34.6 Å². The van der Waals surface area contributed by atoms with Crippen molar-refractivity contribution < 1.29 is 4.42 Å². The summed E-state index contributed by atoms with van der Waals surface area (Å²) in [5, 5.41) is 3.22. The lowest BCUT2D eigenvalue weighted by atomic mass is 10.2. The van der Waals surface area contributed by atoms with Crippen molar-refractivity contribution in [1.29, 1.82) is 0 Å². The lowest BCUT2D eigenvalue weighted by molar-refractivity contribution is 0.561. The Morgan fingerprint density at radius 1 is 1.31 bits per heavy atom. The van der Waals surface area contributed by atoms with Crippen molar-refractivity contribution in [2.75, 3.05) is 0 Å². The van der Waals surface area contributed by atoms with E-state index in [1.165, 1.54) is 11.3 Å². The van der Waals surface area contributed by atoms with E-state index < -0.39 is 0 Å². The summed E-state index contributed by atoms with van der Waals surface area (Å²) in [5.74, 6) is 0.671. The van der Waals surface area contributed by atoms with Gasteiger partial charge in [0.15, 0.2) is 11.5 Å². The summed E-state index contributed by atoms with van der Waals surface area (Å²) in [7, 11) is 0. The van der Waals surface area contributed by atoms with Crippen LogP contribution in [0.2, 0.25) is 5.15 Å². The van der Waals surface area contributed by atoms with Crippen molar-refractivity contribution in [2.24, 2.45) is 0 Å². The number of fused-ring (bicyclic) bond motifs is 1. The number of oxazole rings is 1. The maximum Gasteiger partial charge on any atom is 0.192 e. The topological polar surface area (TPSA) is 38.9 Å². The Labute approximate surface area is 101 Å². The van der Waals surface area contributed by atoms with Crippen molar-refractivity contribution in [1.82, 2.24) is 9.97 Å². The Bertz CT molecular complexity index is 659. The molecule has 0 aliphatic carbocycles. The summed E-state index contributed by atoms with van der Waals surface area (Å²) >= 11 is 7.31. The van der Waals surface area contributed by atoms with Crippen LogP contribution >= 0.6 is 22.9 Å². The lowest BCUT2D eigenvalue weighted by Crippen LogP contribution is -1.75. The first-order valence-electron chi connectivity index (χ1n) is 4.71. The van der Waals surface area contributed by atoms with E-state index in [-0.39, 0.29) is 0 Å². The molecule has 2 heterocycles. The molecule has 5 heteroatoms. The number of aromatic nitrogens is 2. The molecule has 0 spiro atoms. The second-order valence-electron chi connectivity index (χ2n) is 3.39. The van der Waals surface area contributed by atoms with E-state index in [4.69, 9.17) is 16.0 Å². The summed E-state index contributed by atoms with van der Waals surface area (Å²) in [6.07, 6.45) is 0. The highest BCUT2D eigenvalue weighted by atomic mass is 35.5. The summed E-state index contributed by atoms with van der Waals surface area (Å²) in [6.45, 7) is 1.83. The SMILES string of the molecule is Cc1nc2ccc(-c3nc(Cl)cs3)cc2o1. The molecule has 0 radical (unpaired) electrons. The highest BCUT2D eigenvalue weighted by molar-refractivity contribution is 7.13. The van der Waals surface area contributed by atoms with E-state index in [9.17, 15) is 0 Å². The molecule has 3 rings (SSSR count). The quantitative estimate of drug-likeness (QED) is 0.657. The molecule has 80 valence electrons. The second-order valence-corrected chi connectivity index (χ2v) is 4.64. The van der Waals surface area contributed by atoms with E-state index in [0.717, 1.165) is 21.7 Å². The van der Waals surface area contributed by atoms with Crippen molar-refractivity contribution in [2.45, 2.75) is 6.92 Å². The van der Waals surface area contributed by atoms with Crippen LogP contribution in [-0.4, -0.2) is 9.97 Å². The maximum absolute atomic E-state index is 5.80. The average Bonchev–Trinajstić information content (AvgIpc) is 2.81. The molecule has 0 aliphatic heterocycles. The van der Waals surface area contributed by atoms with Crippen LogP contribution in [0, 0.1) is 6.92 Å². The number of benzene rings is 1. The van der Waals surface area contributed by atoms with Gasteiger partial charge in [0.25, 0.3) is 0 Å². The van der Waals surface area contributed by atoms with Crippen LogP contribution in [0.15, 0.2) is 28.0 Å². The Balaban J connectivity index is 2.17. The van der Waals surface area contributed by atoms with Gasteiger partial charge < -0.3 is 4.42 Å². The molecular weight excluding hydrogens is 244 g/mol. The smallest absolute Gasteiger partial charge is 0.192 e. The fourth-order valence-corrected chi connectivity index (χ4v) is 2.50. The van der Waals surface area contributed by atoms with Crippen LogP contribution in [0.5, 0.6) is 0 Å². The zero-order valence-electron chi connectivity index (χ0n) is 8.40. The third kappa shape index (κ3) is 1.60. The highest BCUT2D eigenvalue weighted by Crippen LogP contribution is 2.28. The number of rotatable bonds is 1. The van der Waals surface area contributed by atoms with Crippen LogP contribution in [0.25, 0.3) is 21.7 Å². The number of halogens is 1. The van der Waals surface area contributed by atoms with E-state index in [1.807, 2.05) is 30.5 Å². The highest BCUT2D eigenvalue weighted by Gasteiger charge is 2.07. The molecular formula is C11H7ClN2OS. The normalized spacial score (nSPS) is 11.1. The van der Waals surface area contributed by atoms with E-state index in [1.54, 1.807) is 0 Å². The maximum atomic E-state index is 5.80. The van der Waals surface area contributed by atoms with Gasteiger partial charge in [0.2, 0.25) is 0 Å². The van der Waals surface area contributed by atoms with E-state index in [2.05, 4.69) is 9.97 Å². The van der Waals surface area contributed by atoms with E-state index >= 15 is 0 Å². The van der Waals surface area contributed by atoms with Crippen molar-refractivity contribution >= 4 is 34.0 Å². The predicted octanol–water partition coefficient (Wildman–Crippen LogP) is 3.91. The minimum atomic E-state index is 0.522. The van der Waals surface area contributed by atoms with Crippen LogP contribution < -0.4 is 0 Å². The first kappa shape index (κ1) is 9.81. The van der Waals surface area contributed by atoms with Gasteiger partial charge in [-0.15, -0.1) is 11.3 Å². The minimum absolute atomic E-state index is 0.522. The molecule has 3 aromatic rings. The van der Waals surface area contributed by atoms with Gasteiger partial charge in [-0.3, -0.25) is 0 Å². The largest absolute Gasteiger partial charge is 0.441 e. The van der Waals surface area contributed by atoms with Gasteiger partial charge in [0, 0.05) is 17.9 Å². The molecule has 3 nitrogen and oxygen atoms in total. The first-order valence-corrected chi connectivity index (χ1v) is 5.97. The van der Waals surface area contributed by atoms with Crippen LogP contribution in [0.1, 0.15) is 5.89 Å². The zero-order chi connectivity index (χ0) is 11.1. The molecule has 0 atom stereocenters. The minimum Gasteiger partial charge on any atom is -0.441 e. The molecule has 0 aliphatic rings. The standard InChI is InChI=1S/C11H7ClN2OS/c1-6-13-8-3-2-7(4-9(8)15-6)11-14-10(12)5-16-11/h2-5H,1H3. The fourth-order valence-electron chi connectivity index (χ4n) is 1.56. The molecule has 0 saturated heterocycles. The summed E-state index contributed by atoms with van der Waals surface area (Å²) < 4.78 is 5.47. The van der Waals surface area contributed by atoms with Crippen LogP contribution in [0.3, 0.4) is 0 Å². The molecule has 0 N–H and O–H groups in total. The molecule has 1 aromatic carbocycles. The molecule has 0 amide bonds. The number of nitrogens with zero attached hydrogens (tertiary/aromatic N) is 2. The predicted molar refractivity (Wildman–Crippen MR) is 64.9 cm³/mol. The van der Waals surface area contributed by atoms with Gasteiger partial charge >= 0.3 is 0 Å². The van der Waals surface area contributed by atoms with Crippen LogP contribution in [0.4, 0.5) is 0 Å². The Hall–Kier alpha value is -1.39.